The predicted octanol–water partition coefficient (Wildman–Crippen LogP) is 3.94. The van der Waals surface area contributed by atoms with E-state index in [0.29, 0.717) is 12.5 Å². The van der Waals surface area contributed by atoms with Crippen LogP contribution in [0.4, 0.5) is 0 Å². The van der Waals surface area contributed by atoms with Crippen LogP contribution in [0, 0.1) is 11.3 Å². The molecule has 22 heavy (non-hydrogen) atoms. The summed E-state index contributed by atoms with van der Waals surface area (Å²) in [5.74, 6) is 0.569. The molecule has 2 aromatic heterocycles. The fourth-order valence-corrected chi connectivity index (χ4v) is 2.38. The lowest BCUT2D eigenvalue weighted by Gasteiger charge is -2.13. The molecular formula is C18H17N3O. The van der Waals surface area contributed by atoms with Gasteiger partial charge in [0.1, 0.15) is 12.3 Å². The SMILES string of the molecule is CC(C)(C#N)c1c[nH]c2nc(OCc3ccccc3)ccc12. The van der Waals surface area contributed by atoms with Crippen molar-refractivity contribution in [1.29, 1.82) is 5.26 Å². The number of hydrogen-bond acceptors (Lipinski definition) is 3. The Balaban J connectivity index is 1.84. The number of ether oxygens (including phenoxy) is 1. The largest absolute Gasteiger partial charge is 0.473 e. The maximum absolute atomic E-state index is 9.28. The van der Waals surface area contributed by atoms with E-state index >= 15 is 0 Å². The highest BCUT2D eigenvalue weighted by atomic mass is 16.5. The van der Waals surface area contributed by atoms with Gasteiger partial charge >= 0.3 is 0 Å². The van der Waals surface area contributed by atoms with Gasteiger partial charge in [-0.2, -0.15) is 10.2 Å². The third-order valence-electron chi connectivity index (χ3n) is 3.70. The molecule has 1 N–H and O–H groups in total. The number of fused-ring (bicyclic) bond motifs is 1. The zero-order valence-corrected chi connectivity index (χ0v) is 12.6. The Labute approximate surface area is 129 Å². The van der Waals surface area contributed by atoms with Crippen molar-refractivity contribution in [2.75, 3.05) is 0 Å². The molecular weight excluding hydrogens is 274 g/mol. The first-order valence-electron chi connectivity index (χ1n) is 7.17. The molecule has 4 heteroatoms. The molecule has 0 atom stereocenters. The van der Waals surface area contributed by atoms with Crippen molar-refractivity contribution in [2.45, 2.75) is 25.9 Å². The third kappa shape index (κ3) is 2.66. The minimum atomic E-state index is -0.549. The average Bonchev–Trinajstić information content (AvgIpc) is 2.98. The number of pyridine rings is 1. The van der Waals surface area contributed by atoms with Gasteiger partial charge in [-0.1, -0.05) is 30.3 Å². The van der Waals surface area contributed by atoms with E-state index < -0.39 is 5.41 Å². The summed E-state index contributed by atoms with van der Waals surface area (Å²) in [6.07, 6.45) is 1.85. The van der Waals surface area contributed by atoms with Crippen molar-refractivity contribution in [3.8, 4) is 11.9 Å². The summed E-state index contributed by atoms with van der Waals surface area (Å²) in [5.41, 5.74) is 2.24. The summed E-state index contributed by atoms with van der Waals surface area (Å²) >= 11 is 0. The highest BCUT2D eigenvalue weighted by Crippen LogP contribution is 2.30. The molecule has 0 radical (unpaired) electrons. The molecule has 3 aromatic rings. The molecule has 0 spiro atoms. The first kappa shape index (κ1) is 14.2. The van der Waals surface area contributed by atoms with Crippen molar-refractivity contribution < 1.29 is 4.74 Å². The number of rotatable bonds is 4. The number of nitriles is 1. The number of aromatic nitrogens is 2. The van der Waals surface area contributed by atoms with Crippen LogP contribution >= 0.6 is 0 Å². The molecule has 4 nitrogen and oxygen atoms in total. The molecule has 0 saturated heterocycles. The minimum absolute atomic E-state index is 0.483. The zero-order chi connectivity index (χ0) is 15.6. The van der Waals surface area contributed by atoms with E-state index in [4.69, 9.17) is 4.74 Å². The van der Waals surface area contributed by atoms with Crippen LogP contribution in [0.3, 0.4) is 0 Å². The standard InChI is InChI=1S/C18H17N3O/c1-18(2,12-19)15-10-20-17-14(15)8-9-16(21-17)22-11-13-6-4-3-5-7-13/h3-10H,11H2,1-2H3,(H,20,21). The average molecular weight is 291 g/mol. The van der Waals surface area contributed by atoms with E-state index in [1.165, 1.54) is 0 Å². The highest BCUT2D eigenvalue weighted by Gasteiger charge is 2.23. The molecule has 1 aromatic carbocycles. The van der Waals surface area contributed by atoms with E-state index in [1.54, 1.807) is 0 Å². The maximum atomic E-state index is 9.28. The lowest BCUT2D eigenvalue weighted by atomic mass is 9.86. The molecule has 0 aliphatic carbocycles. The van der Waals surface area contributed by atoms with Gasteiger partial charge in [0.25, 0.3) is 0 Å². The monoisotopic (exact) mass is 291 g/mol. The molecule has 0 fully saturated rings. The Morgan fingerprint density at radius 3 is 2.68 bits per heavy atom. The molecule has 0 aliphatic rings. The van der Waals surface area contributed by atoms with Gasteiger partial charge in [0.05, 0.1) is 11.5 Å². The summed E-state index contributed by atoms with van der Waals surface area (Å²) < 4.78 is 5.73. The predicted molar refractivity (Wildman–Crippen MR) is 85.5 cm³/mol. The van der Waals surface area contributed by atoms with Crippen LogP contribution in [0.15, 0.2) is 48.7 Å². The minimum Gasteiger partial charge on any atom is -0.473 e. The number of aromatic amines is 1. The van der Waals surface area contributed by atoms with Crippen LogP contribution in [-0.2, 0) is 12.0 Å². The summed E-state index contributed by atoms with van der Waals surface area (Å²) in [6.45, 7) is 4.28. The number of benzene rings is 1. The normalized spacial score (nSPS) is 11.3. The third-order valence-corrected chi connectivity index (χ3v) is 3.70. The van der Waals surface area contributed by atoms with Gasteiger partial charge in [-0.25, -0.2) is 0 Å². The summed E-state index contributed by atoms with van der Waals surface area (Å²) in [6, 6.07) is 16.1. The van der Waals surface area contributed by atoms with E-state index in [9.17, 15) is 5.26 Å². The fraction of sp³-hybridized carbons (Fsp3) is 0.222. The van der Waals surface area contributed by atoms with Gasteiger partial charge in [-0.15, -0.1) is 0 Å². The van der Waals surface area contributed by atoms with Crippen LogP contribution in [0.1, 0.15) is 25.0 Å². The van der Waals surface area contributed by atoms with Crippen LogP contribution in [-0.4, -0.2) is 9.97 Å². The Morgan fingerprint density at radius 1 is 1.18 bits per heavy atom. The van der Waals surface area contributed by atoms with E-state index in [0.717, 1.165) is 22.2 Å². The first-order valence-corrected chi connectivity index (χ1v) is 7.17. The lowest BCUT2D eigenvalue weighted by molar-refractivity contribution is 0.295. The molecule has 0 amide bonds. The van der Waals surface area contributed by atoms with E-state index in [-0.39, 0.29) is 0 Å². The molecule has 0 unspecified atom stereocenters. The topological polar surface area (TPSA) is 61.7 Å². The fourth-order valence-electron chi connectivity index (χ4n) is 2.38. The second-order valence-corrected chi connectivity index (χ2v) is 5.76. The van der Waals surface area contributed by atoms with Gasteiger partial charge in [0.15, 0.2) is 0 Å². The van der Waals surface area contributed by atoms with Crippen molar-refractivity contribution in [2.24, 2.45) is 0 Å². The van der Waals surface area contributed by atoms with Crippen molar-refractivity contribution in [1.82, 2.24) is 9.97 Å². The Kier molecular flexibility index (Phi) is 3.56. The number of hydrogen-bond donors (Lipinski definition) is 1. The quantitative estimate of drug-likeness (QED) is 0.792. The first-order chi connectivity index (χ1) is 10.6. The summed E-state index contributed by atoms with van der Waals surface area (Å²) in [5, 5.41) is 10.2. The maximum Gasteiger partial charge on any atom is 0.215 e. The van der Waals surface area contributed by atoms with Crippen LogP contribution < -0.4 is 4.74 Å². The van der Waals surface area contributed by atoms with Gasteiger partial charge in [-0.05, 0) is 31.0 Å². The van der Waals surface area contributed by atoms with Crippen molar-refractivity contribution >= 4 is 11.0 Å². The molecule has 110 valence electrons. The summed E-state index contributed by atoms with van der Waals surface area (Å²) in [4.78, 5) is 7.60. The van der Waals surface area contributed by atoms with Crippen molar-refractivity contribution in [3.63, 3.8) is 0 Å². The van der Waals surface area contributed by atoms with E-state index in [2.05, 4.69) is 16.0 Å². The second kappa shape index (κ2) is 5.53. The van der Waals surface area contributed by atoms with Gasteiger partial charge < -0.3 is 9.72 Å². The summed E-state index contributed by atoms with van der Waals surface area (Å²) in [7, 11) is 0. The molecule has 3 rings (SSSR count). The lowest BCUT2D eigenvalue weighted by Crippen LogP contribution is -2.12. The second-order valence-electron chi connectivity index (χ2n) is 5.76. The number of nitrogens with one attached hydrogen (secondary N) is 1. The molecule has 2 heterocycles. The number of nitrogens with zero attached hydrogens (tertiary/aromatic N) is 2. The molecule has 0 bridgehead atoms. The Hall–Kier alpha value is -2.80. The van der Waals surface area contributed by atoms with Crippen molar-refractivity contribution in [3.05, 3.63) is 59.8 Å². The van der Waals surface area contributed by atoms with Crippen LogP contribution in [0.2, 0.25) is 0 Å². The van der Waals surface area contributed by atoms with Crippen LogP contribution in [0.5, 0.6) is 5.88 Å². The molecule has 0 aliphatic heterocycles. The van der Waals surface area contributed by atoms with Gasteiger partial charge in [0.2, 0.25) is 5.88 Å². The Bertz CT molecular complexity index is 828. The van der Waals surface area contributed by atoms with Gasteiger partial charge in [0, 0.05) is 17.6 Å². The zero-order valence-electron chi connectivity index (χ0n) is 12.6. The highest BCUT2D eigenvalue weighted by molar-refractivity contribution is 5.82. The smallest absolute Gasteiger partial charge is 0.215 e. The van der Waals surface area contributed by atoms with Crippen LogP contribution in [0.25, 0.3) is 11.0 Å². The number of H-pyrrole nitrogens is 1. The van der Waals surface area contributed by atoms with Gasteiger partial charge in [-0.3, -0.25) is 0 Å². The Morgan fingerprint density at radius 2 is 1.95 bits per heavy atom. The molecule has 0 saturated carbocycles. The van der Waals surface area contributed by atoms with E-state index in [1.807, 2.05) is 62.5 Å².